The summed E-state index contributed by atoms with van der Waals surface area (Å²) in [4.78, 5) is 15.5. The molecular formula is C15H18N2O. The molecule has 18 heavy (non-hydrogen) atoms. The Morgan fingerprint density at radius 2 is 1.83 bits per heavy atom. The Hall–Kier alpha value is -1.90. The van der Waals surface area contributed by atoms with E-state index in [1.54, 1.807) is 0 Å². The molecule has 0 aliphatic heterocycles. The third-order valence-corrected chi connectivity index (χ3v) is 3.32. The highest BCUT2D eigenvalue weighted by Gasteiger charge is 2.11. The molecule has 0 bridgehead atoms. The number of imidazole rings is 1. The first-order valence-electron chi connectivity index (χ1n) is 6.14. The van der Waals surface area contributed by atoms with E-state index in [0.717, 1.165) is 30.6 Å². The topological polar surface area (TPSA) is 34.9 Å². The van der Waals surface area contributed by atoms with Crippen LogP contribution in [0.1, 0.15) is 33.1 Å². The predicted molar refractivity (Wildman–Crippen MR) is 71.9 cm³/mol. The Morgan fingerprint density at radius 1 is 1.17 bits per heavy atom. The van der Waals surface area contributed by atoms with Crippen molar-refractivity contribution < 1.29 is 4.79 Å². The Labute approximate surface area is 107 Å². The predicted octanol–water partition coefficient (Wildman–Crippen LogP) is 2.63. The van der Waals surface area contributed by atoms with Crippen LogP contribution >= 0.6 is 0 Å². The van der Waals surface area contributed by atoms with Gasteiger partial charge in [-0.2, -0.15) is 0 Å². The van der Waals surface area contributed by atoms with E-state index in [-0.39, 0.29) is 0 Å². The Morgan fingerprint density at radius 3 is 2.44 bits per heavy atom. The van der Waals surface area contributed by atoms with Gasteiger partial charge in [0.2, 0.25) is 0 Å². The van der Waals surface area contributed by atoms with Gasteiger partial charge in [-0.05, 0) is 32.3 Å². The molecule has 0 amide bonds. The first-order chi connectivity index (χ1) is 8.61. The Bertz CT molecular complexity index is 553. The van der Waals surface area contributed by atoms with Gasteiger partial charge in [0.15, 0.2) is 6.29 Å². The molecule has 1 heterocycles. The summed E-state index contributed by atoms with van der Waals surface area (Å²) >= 11 is 0. The molecular weight excluding hydrogens is 224 g/mol. The lowest BCUT2D eigenvalue weighted by molar-refractivity contribution is 0.111. The van der Waals surface area contributed by atoms with E-state index in [9.17, 15) is 4.79 Å². The van der Waals surface area contributed by atoms with E-state index >= 15 is 0 Å². The molecule has 0 aliphatic carbocycles. The van der Waals surface area contributed by atoms with Crippen LogP contribution in [0.3, 0.4) is 0 Å². The number of benzene rings is 1. The van der Waals surface area contributed by atoms with Crippen molar-refractivity contribution in [3.05, 3.63) is 52.6 Å². The first-order valence-corrected chi connectivity index (χ1v) is 6.14. The van der Waals surface area contributed by atoms with Gasteiger partial charge in [-0.1, -0.05) is 29.8 Å². The van der Waals surface area contributed by atoms with Crippen molar-refractivity contribution in [1.29, 1.82) is 0 Å². The second-order valence-corrected chi connectivity index (χ2v) is 4.65. The molecule has 1 aromatic heterocycles. The highest BCUT2D eigenvalue weighted by Crippen LogP contribution is 2.12. The van der Waals surface area contributed by atoms with Crippen LogP contribution in [-0.2, 0) is 19.9 Å². The second-order valence-electron chi connectivity index (χ2n) is 4.65. The van der Waals surface area contributed by atoms with Crippen molar-refractivity contribution in [1.82, 2.24) is 9.55 Å². The van der Waals surface area contributed by atoms with E-state index in [4.69, 9.17) is 0 Å². The van der Waals surface area contributed by atoms with Gasteiger partial charge in [0.05, 0.1) is 5.69 Å². The molecule has 0 radical (unpaired) electrons. The van der Waals surface area contributed by atoms with Gasteiger partial charge in [0, 0.05) is 7.05 Å². The summed E-state index contributed by atoms with van der Waals surface area (Å²) in [5.41, 5.74) is 4.13. The lowest BCUT2D eigenvalue weighted by atomic mass is 10.1. The smallest absolute Gasteiger partial charge is 0.168 e. The van der Waals surface area contributed by atoms with Crippen LogP contribution in [0.2, 0.25) is 0 Å². The van der Waals surface area contributed by atoms with Crippen LogP contribution in [0.4, 0.5) is 0 Å². The summed E-state index contributed by atoms with van der Waals surface area (Å²) in [6.07, 6.45) is 2.61. The maximum Gasteiger partial charge on any atom is 0.168 e. The fraction of sp³-hybridized carbons (Fsp3) is 0.333. The van der Waals surface area contributed by atoms with E-state index in [1.807, 2.05) is 18.5 Å². The standard InChI is InChI=1S/C15H18N2O/c1-11-4-6-13(7-5-11)8-9-14-15(10-18)17(3)12(2)16-14/h4-7,10H,8-9H2,1-3H3. The van der Waals surface area contributed by atoms with Crippen LogP contribution in [0.15, 0.2) is 24.3 Å². The fourth-order valence-corrected chi connectivity index (χ4v) is 2.04. The first kappa shape index (κ1) is 12.6. The SMILES string of the molecule is Cc1ccc(CCc2nc(C)n(C)c2C=O)cc1. The molecule has 94 valence electrons. The number of aromatic nitrogens is 2. The zero-order valence-electron chi connectivity index (χ0n) is 11.1. The van der Waals surface area contributed by atoms with E-state index in [0.29, 0.717) is 5.69 Å². The lowest BCUT2D eigenvalue weighted by Gasteiger charge is -2.01. The largest absolute Gasteiger partial charge is 0.329 e. The Kier molecular flexibility index (Phi) is 3.60. The van der Waals surface area contributed by atoms with Gasteiger partial charge < -0.3 is 4.57 Å². The summed E-state index contributed by atoms with van der Waals surface area (Å²) in [5.74, 6) is 0.885. The van der Waals surface area contributed by atoms with E-state index < -0.39 is 0 Å². The summed E-state index contributed by atoms with van der Waals surface area (Å²) in [6.45, 7) is 4.00. The monoisotopic (exact) mass is 242 g/mol. The number of carbonyl (C=O) groups excluding carboxylic acids is 1. The number of hydrogen-bond acceptors (Lipinski definition) is 2. The normalized spacial score (nSPS) is 10.6. The average Bonchev–Trinajstić information content (AvgIpc) is 2.64. The summed E-state index contributed by atoms with van der Waals surface area (Å²) in [7, 11) is 1.88. The minimum absolute atomic E-state index is 0.694. The quantitative estimate of drug-likeness (QED) is 0.772. The van der Waals surface area contributed by atoms with Crippen LogP contribution < -0.4 is 0 Å². The van der Waals surface area contributed by atoms with E-state index in [2.05, 4.69) is 36.2 Å². The van der Waals surface area contributed by atoms with Crippen molar-refractivity contribution in [2.24, 2.45) is 7.05 Å². The molecule has 2 rings (SSSR count). The van der Waals surface area contributed by atoms with Gasteiger partial charge in [-0.25, -0.2) is 4.98 Å². The van der Waals surface area contributed by atoms with Gasteiger partial charge >= 0.3 is 0 Å². The molecule has 0 aliphatic rings. The van der Waals surface area contributed by atoms with Crippen molar-refractivity contribution in [3.8, 4) is 0 Å². The number of hydrogen-bond donors (Lipinski definition) is 0. The number of nitrogens with zero attached hydrogens (tertiary/aromatic N) is 2. The summed E-state index contributed by atoms with van der Waals surface area (Å²) < 4.78 is 1.84. The van der Waals surface area contributed by atoms with Gasteiger partial charge in [-0.15, -0.1) is 0 Å². The molecule has 0 fully saturated rings. The third kappa shape index (κ3) is 2.50. The molecule has 0 saturated heterocycles. The number of carbonyl (C=O) groups is 1. The minimum atomic E-state index is 0.694. The molecule has 0 spiro atoms. The third-order valence-electron chi connectivity index (χ3n) is 3.32. The fourth-order valence-electron chi connectivity index (χ4n) is 2.04. The summed E-state index contributed by atoms with van der Waals surface area (Å²) in [6, 6.07) is 8.48. The molecule has 2 aromatic rings. The Balaban J connectivity index is 2.13. The molecule has 0 saturated carbocycles. The second kappa shape index (κ2) is 5.17. The number of rotatable bonds is 4. The highest BCUT2D eigenvalue weighted by atomic mass is 16.1. The van der Waals surface area contributed by atoms with Crippen molar-refractivity contribution in [2.75, 3.05) is 0 Å². The zero-order chi connectivity index (χ0) is 13.1. The highest BCUT2D eigenvalue weighted by molar-refractivity contribution is 5.74. The van der Waals surface area contributed by atoms with Crippen molar-refractivity contribution in [3.63, 3.8) is 0 Å². The van der Waals surface area contributed by atoms with Crippen molar-refractivity contribution in [2.45, 2.75) is 26.7 Å². The molecule has 1 aromatic carbocycles. The molecule has 0 unspecified atom stereocenters. The maximum absolute atomic E-state index is 11.1. The van der Waals surface area contributed by atoms with Crippen LogP contribution in [0.5, 0.6) is 0 Å². The van der Waals surface area contributed by atoms with Crippen LogP contribution in [-0.4, -0.2) is 15.8 Å². The number of aryl methyl sites for hydroxylation is 4. The van der Waals surface area contributed by atoms with Gasteiger partial charge in [0.25, 0.3) is 0 Å². The van der Waals surface area contributed by atoms with Crippen molar-refractivity contribution >= 4 is 6.29 Å². The minimum Gasteiger partial charge on any atom is -0.329 e. The number of aldehydes is 1. The lowest BCUT2D eigenvalue weighted by Crippen LogP contribution is -2.00. The molecule has 3 heteroatoms. The zero-order valence-corrected chi connectivity index (χ0v) is 11.1. The van der Waals surface area contributed by atoms with Crippen LogP contribution in [0, 0.1) is 13.8 Å². The van der Waals surface area contributed by atoms with E-state index in [1.165, 1.54) is 11.1 Å². The van der Waals surface area contributed by atoms with Crippen LogP contribution in [0.25, 0.3) is 0 Å². The van der Waals surface area contributed by atoms with Gasteiger partial charge in [-0.3, -0.25) is 4.79 Å². The molecule has 0 atom stereocenters. The maximum atomic E-state index is 11.1. The van der Waals surface area contributed by atoms with Gasteiger partial charge in [0.1, 0.15) is 11.5 Å². The molecule has 0 N–H and O–H groups in total. The average molecular weight is 242 g/mol. The molecule has 3 nitrogen and oxygen atoms in total. The summed E-state index contributed by atoms with van der Waals surface area (Å²) in [5, 5.41) is 0.